The van der Waals surface area contributed by atoms with E-state index >= 15 is 0 Å². The van der Waals surface area contributed by atoms with Crippen molar-refractivity contribution in [2.45, 2.75) is 24.8 Å². The van der Waals surface area contributed by atoms with Crippen molar-refractivity contribution in [3.63, 3.8) is 0 Å². The summed E-state index contributed by atoms with van der Waals surface area (Å²) >= 11 is 3.15. The minimum atomic E-state index is -0.0108. The summed E-state index contributed by atoms with van der Waals surface area (Å²) in [6.45, 7) is 3.20. The van der Waals surface area contributed by atoms with Gasteiger partial charge in [-0.1, -0.05) is 12.1 Å². The van der Waals surface area contributed by atoms with E-state index < -0.39 is 0 Å². The van der Waals surface area contributed by atoms with E-state index in [9.17, 15) is 4.79 Å². The molecule has 3 aromatic rings. The first kappa shape index (κ1) is 20.6. The van der Waals surface area contributed by atoms with E-state index in [4.69, 9.17) is 9.84 Å². The molecule has 1 aromatic carbocycles. The highest BCUT2D eigenvalue weighted by Crippen LogP contribution is 2.38. The smallest absolute Gasteiger partial charge is 0.220 e. The summed E-state index contributed by atoms with van der Waals surface area (Å²) in [5, 5.41) is 15.6. The molecule has 0 atom stereocenters. The van der Waals surface area contributed by atoms with Gasteiger partial charge >= 0.3 is 0 Å². The average Bonchev–Trinajstić information content (AvgIpc) is 3.14. The first-order valence-corrected chi connectivity index (χ1v) is 11.0. The highest BCUT2D eigenvalue weighted by atomic mass is 32.2. The Hall–Kier alpha value is -2.16. The van der Waals surface area contributed by atoms with Crippen LogP contribution in [0.15, 0.2) is 41.0 Å². The number of rotatable bonds is 10. The number of aromatic nitrogens is 2. The molecule has 0 aliphatic carbocycles. The molecule has 0 saturated carbocycles. The Balaban J connectivity index is 1.73. The van der Waals surface area contributed by atoms with Crippen LogP contribution in [-0.4, -0.2) is 46.5 Å². The molecule has 28 heavy (non-hydrogen) atoms. The Labute approximate surface area is 172 Å². The molecular formula is C20H23N3O3S2. The number of nitrogens with zero attached hydrogens (tertiary/aromatic N) is 2. The summed E-state index contributed by atoms with van der Waals surface area (Å²) in [5.41, 5.74) is 2.19. The second kappa shape index (κ2) is 10.4. The third-order valence-corrected chi connectivity index (χ3v) is 5.91. The molecule has 8 heteroatoms. The molecule has 2 N–H and O–H groups in total. The standard InChI is InChI=1S/C20H23N3O3S2/c1-2-26-15-6-4-14(5-7-15)16-12-28-20-18(16)19(22-13-23-20)27-11-8-17(25)21-9-3-10-24/h4-7,12-13,24H,2-3,8-11H2,1H3,(H,21,25). The van der Waals surface area contributed by atoms with Gasteiger partial charge in [-0.2, -0.15) is 0 Å². The molecule has 0 aliphatic heterocycles. The summed E-state index contributed by atoms with van der Waals surface area (Å²) < 4.78 is 5.52. The van der Waals surface area contributed by atoms with Crippen molar-refractivity contribution in [1.29, 1.82) is 0 Å². The highest BCUT2D eigenvalue weighted by Gasteiger charge is 2.14. The fourth-order valence-electron chi connectivity index (χ4n) is 2.70. The Kier molecular flexibility index (Phi) is 7.64. The number of aliphatic hydroxyl groups excluding tert-OH is 1. The molecule has 0 aliphatic rings. The summed E-state index contributed by atoms with van der Waals surface area (Å²) in [5.74, 6) is 1.47. The van der Waals surface area contributed by atoms with Crippen molar-refractivity contribution in [3.05, 3.63) is 36.0 Å². The van der Waals surface area contributed by atoms with Gasteiger partial charge in [0.25, 0.3) is 0 Å². The number of nitrogens with one attached hydrogen (secondary N) is 1. The molecule has 0 unspecified atom stereocenters. The SMILES string of the molecule is CCOc1ccc(-c2csc3ncnc(SCCC(=O)NCCCO)c23)cc1. The number of hydrogen-bond donors (Lipinski definition) is 2. The first-order chi connectivity index (χ1) is 13.7. The topological polar surface area (TPSA) is 84.3 Å². The summed E-state index contributed by atoms with van der Waals surface area (Å²) in [7, 11) is 0. The number of ether oxygens (including phenoxy) is 1. The van der Waals surface area contributed by atoms with Crippen molar-refractivity contribution < 1.29 is 14.6 Å². The van der Waals surface area contributed by atoms with Crippen molar-refractivity contribution in [2.24, 2.45) is 0 Å². The number of thiophene rings is 1. The van der Waals surface area contributed by atoms with E-state index in [0.29, 0.717) is 31.7 Å². The lowest BCUT2D eigenvalue weighted by molar-refractivity contribution is -0.120. The Morgan fingerprint density at radius 1 is 1.29 bits per heavy atom. The van der Waals surface area contributed by atoms with Gasteiger partial charge in [0, 0.05) is 36.3 Å². The van der Waals surface area contributed by atoms with Crippen LogP contribution in [0.3, 0.4) is 0 Å². The van der Waals surface area contributed by atoms with E-state index in [1.165, 1.54) is 0 Å². The van der Waals surface area contributed by atoms with E-state index in [2.05, 4.69) is 20.7 Å². The van der Waals surface area contributed by atoms with Gasteiger partial charge < -0.3 is 15.2 Å². The predicted octanol–water partition coefficient (Wildman–Crippen LogP) is 3.74. The highest BCUT2D eigenvalue weighted by molar-refractivity contribution is 7.99. The third kappa shape index (κ3) is 5.21. The Morgan fingerprint density at radius 2 is 2.11 bits per heavy atom. The molecule has 6 nitrogen and oxygen atoms in total. The van der Waals surface area contributed by atoms with Crippen LogP contribution < -0.4 is 10.1 Å². The van der Waals surface area contributed by atoms with Crippen molar-refractivity contribution in [3.8, 4) is 16.9 Å². The van der Waals surface area contributed by atoms with Crippen LogP contribution in [0, 0.1) is 0 Å². The molecule has 1 amide bonds. The zero-order valence-corrected chi connectivity index (χ0v) is 17.3. The maximum absolute atomic E-state index is 11.8. The molecule has 148 valence electrons. The zero-order valence-electron chi connectivity index (χ0n) is 15.7. The minimum absolute atomic E-state index is 0.0108. The fourth-order valence-corrected chi connectivity index (χ4v) is 4.64. The molecule has 2 aromatic heterocycles. The molecule has 0 radical (unpaired) electrons. The van der Waals surface area contributed by atoms with Gasteiger partial charge in [0.2, 0.25) is 5.91 Å². The molecular weight excluding hydrogens is 394 g/mol. The molecule has 3 rings (SSSR count). The van der Waals surface area contributed by atoms with Gasteiger partial charge in [0.15, 0.2) is 0 Å². The van der Waals surface area contributed by atoms with Crippen LogP contribution in [0.25, 0.3) is 21.3 Å². The maximum atomic E-state index is 11.8. The normalized spacial score (nSPS) is 10.9. The van der Waals surface area contributed by atoms with E-state index in [1.807, 2.05) is 31.2 Å². The summed E-state index contributed by atoms with van der Waals surface area (Å²) in [6.07, 6.45) is 2.56. The number of carbonyl (C=O) groups is 1. The van der Waals surface area contributed by atoms with Gasteiger partial charge in [-0.25, -0.2) is 9.97 Å². The first-order valence-electron chi connectivity index (χ1n) is 9.18. The fraction of sp³-hybridized carbons (Fsp3) is 0.350. The summed E-state index contributed by atoms with van der Waals surface area (Å²) in [4.78, 5) is 21.6. The number of hydrogen-bond acceptors (Lipinski definition) is 7. The Morgan fingerprint density at radius 3 is 2.86 bits per heavy atom. The number of amides is 1. The Bertz CT molecular complexity index is 913. The van der Waals surface area contributed by atoms with Gasteiger partial charge in [0.1, 0.15) is 21.9 Å². The lowest BCUT2D eigenvalue weighted by atomic mass is 10.1. The zero-order chi connectivity index (χ0) is 19.8. The maximum Gasteiger partial charge on any atom is 0.220 e. The molecule has 0 spiro atoms. The molecule has 0 fully saturated rings. The van der Waals surface area contributed by atoms with Crippen molar-refractivity contribution in [1.82, 2.24) is 15.3 Å². The molecule has 0 bridgehead atoms. The molecule has 0 saturated heterocycles. The van der Waals surface area contributed by atoms with E-state index in [-0.39, 0.29) is 12.5 Å². The van der Waals surface area contributed by atoms with Crippen LogP contribution in [0.4, 0.5) is 0 Å². The van der Waals surface area contributed by atoms with Crippen LogP contribution in [0.2, 0.25) is 0 Å². The van der Waals surface area contributed by atoms with Gasteiger partial charge in [-0.15, -0.1) is 23.1 Å². The van der Waals surface area contributed by atoms with Gasteiger partial charge in [0.05, 0.1) is 12.0 Å². The summed E-state index contributed by atoms with van der Waals surface area (Å²) in [6, 6.07) is 8.02. The van der Waals surface area contributed by atoms with Crippen molar-refractivity contribution in [2.75, 3.05) is 25.5 Å². The number of thioether (sulfide) groups is 1. The van der Waals surface area contributed by atoms with Crippen LogP contribution in [0.1, 0.15) is 19.8 Å². The second-order valence-electron chi connectivity index (χ2n) is 5.99. The number of aliphatic hydroxyl groups is 1. The minimum Gasteiger partial charge on any atom is -0.494 e. The van der Waals surface area contributed by atoms with E-state index in [0.717, 1.165) is 32.1 Å². The predicted molar refractivity (Wildman–Crippen MR) is 114 cm³/mol. The number of fused-ring (bicyclic) bond motifs is 1. The van der Waals surface area contributed by atoms with E-state index in [1.54, 1.807) is 29.4 Å². The lowest BCUT2D eigenvalue weighted by Gasteiger charge is -2.07. The second-order valence-corrected chi connectivity index (χ2v) is 7.93. The number of benzene rings is 1. The molecule has 2 heterocycles. The van der Waals surface area contributed by atoms with Crippen molar-refractivity contribution >= 4 is 39.2 Å². The largest absolute Gasteiger partial charge is 0.494 e. The number of carbonyl (C=O) groups excluding carboxylic acids is 1. The van der Waals surface area contributed by atoms with Crippen LogP contribution in [0.5, 0.6) is 5.75 Å². The van der Waals surface area contributed by atoms with Crippen LogP contribution >= 0.6 is 23.1 Å². The third-order valence-electron chi connectivity index (χ3n) is 4.04. The lowest BCUT2D eigenvalue weighted by Crippen LogP contribution is -2.25. The van der Waals surface area contributed by atoms with Gasteiger partial charge in [-0.3, -0.25) is 4.79 Å². The van der Waals surface area contributed by atoms with Crippen LogP contribution in [-0.2, 0) is 4.79 Å². The monoisotopic (exact) mass is 417 g/mol. The van der Waals surface area contributed by atoms with Gasteiger partial charge in [-0.05, 0) is 31.0 Å². The quantitative estimate of drug-likeness (QED) is 0.297. The average molecular weight is 418 g/mol.